The van der Waals surface area contributed by atoms with Crippen LogP contribution in [0.3, 0.4) is 0 Å². The van der Waals surface area contributed by atoms with E-state index in [1.807, 2.05) is 32.0 Å². The summed E-state index contributed by atoms with van der Waals surface area (Å²) in [5, 5.41) is 2.84. The number of likely N-dealkylation sites (tertiary alicyclic amines) is 1. The van der Waals surface area contributed by atoms with Gasteiger partial charge >= 0.3 is 0 Å². The Bertz CT molecular complexity index is 835. The molecule has 1 atom stereocenters. The minimum absolute atomic E-state index is 0.108. The number of rotatable bonds is 7. The Labute approximate surface area is 164 Å². The van der Waals surface area contributed by atoms with E-state index in [0.717, 1.165) is 43.1 Å². The average molecular weight is 388 g/mol. The SMILES string of the molecule is Cc1cccc(OCC(=O)NC[C@@H](c2ccc(F)cc2F)N2CCCC2)c1C. The van der Waals surface area contributed by atoms with Crippen molar-refractivity contribution in [3.63, 3.8) is 0 Å². The van der Waals surface area contributed by atoms with Gasteiger partial charge in [0, 0.05) is 18.2 Å². The summed E-state index contributed by atoms with van der Waals surface area (Å²) in [4.78, 5) is 14.4. The third-order valence-electron chi connectivity index (χ3n) is 5.31. The molecule has 0 radical (unpaired) electrons. The molecule has 0 saturated carbocycles. The van der Waals surface area contributed by atoms with E-state index in [2.05, 4.69) is 10.2 Å². The van der Waals surface area contributed by atoms with E-state index in [9.17, 15) is 13.6 Å². The molecular weight excluding hydrogens is 362 g/mol. The highest BCUT2D eigenvalue weighted by Gasteiger charge is 2.26. The van der Waals surface area contributed by atoms with Gasteiger partial charge in [-0.25, -0.2) is 8.78 Å². The van der Waals surface area contributed by atoms with Gasteiger partial charge in [-0.3, -0.25) is 9.69 Å². The number of amides is 1. The molecule has 1 aliphatic heterocycles. The van der Waals surface area contributed by atoms with Gasteiger partial charge in [0.25, 0.3) is 5.91 Å². The summed E-state index contributed by atoms with van der Waals surface area (Å²) in [6, 6.07) is 8.99. The lowest BCUT2D eigenvalue weighted by molar-refractivity contribution is -0.123. The van der Waals surface area contributed by atoms with E-state index in [-0.39, 0.29) is 25.1 Å². The molecule has 1 aliphatic rings. The molecule has 1 saturated heterocycles. The molecule has 1 heterocycles. The monoisotopic (exact) mass is 388 g/mol. The Hall–Kier alpha value is -2.47. The first kappa shape index (κ1) is 20.3. The van der Waals surface area contributed by atoms with Crippen LogP contribution in [0.1, 0.15) is 35.6 Å². The Morgan fingerprint density at radius 1 is 1.18 bits per heavy atom. The number of carbonyl (C=O) groups excluding carboxylic acids is 1. The topological polar surface area (TPSA) is 41.6 Å². The number of nitrogens with zero attached hydrogens (tertiary/aromatic N) is 1. The molecule has 3 rings (SSSR count). The molecule has 28 heavy (non-hydrogen) atoms. The zero-order valence-corrected chi connectivity index (χ0v) is 16.3. The van der Waals surface area contributed by atoms with Crippen LogP contribution in [0, 0.1) is 25.5 Å². The van der Waals surface area contributed by atoms with Crippen molar-refractivity contribution < 1.29 is 18.3 Å². The van der Waals surface area contributed by atoms with Gasteiger partial charge in [0.15, 0.2) is 6.61 Å². The standard InChI is InChI=1S/C22H26F2N2O2/c1-15-6-5-7-21(16(15)2)28-14-22(27)25-13-20(26-10-3-4-11-26)18-9-8-17(23)12-19(18)24/h5-9,12,20H,3-4,10-11,13-14H2,1-2H3,(H,25,27)/t20-/m0/s1. The Balaban J connectivity index is 1.63. The van der Waals surface area contributed by atoms with Crippen molar-refractivity contribution in [1.29, 1.82) is 0 Å². The molecule has 1 fully saturated rings. The second-order valence-electron chi connectivity index (χ2n) is 7.22. The molecule has 4 nitrogen and oxygen atoms in total. The van der Waals surface area contributed by atoms with Gasteiger partial charge in [-0.05, 0) is 63.0 Å². The quantitative estimate of drug-likeness (QED) is 0.782. The van der Waals surface area contributed by atoms with Crippen molar-refractivity contribution in [2.45, 2.75) is 32.7 Å². The summed E-state index contributed by atoms with van der Waals surface area (Å²) in [7, 11) is 0. The van der Waals surface area contributed by atoms with Gasteiger partial charge in [0.2, 0.25) is 0 Å². The first-order valence-corrected chi connectivity index (χ1v) is 9.60. The summed E-state index contributed by atoms with van der Waals surface area (Å²) in [5.74, 6) is -0.784. The number of nitrogens with one attached hydrogen (secondary N) is 1. The fourth-order valence-electron chi connectivity index (χ4n) is 3.55. The summed E-state index contributed by atoms with van der Waals surface area (Å²) in [6.07, 6.45) is 2.06. The number of hydrogen-bond donors (Lipinski definition) is 1. The van der Waals surface area contributed by atoms with E-state index < -0.39 is 11.6 Å². The van der Waals surface area contributed by atoms with Crippen molar-refractivity contribution in [2.75, 3.05) is 26.2 Å². The highest BCUT2D eigenvalue weighted by Crippen LogP contribution is 2.27. The fourth-order valence-corrected chi connectivity index (χ4v) is 3.55. The molecule has 0 aliphatic carbocycles. The van der Waals surface area contributed by atoms with E-state index >= 15 is 0 Å². The predicted molar refractivity (Wildman–Crippen MR) is 104 cm³/mol. The predicted octanol–water partition coefficient (Wildman–Crippen LogP) is 3.91. The second kappa shape index (κ2) is 9.15. The van der Waals surface area contributed by atoms with E-state index in [0.29, 0.717) is 11.3 Å². The maximum absolute atomic E-state index is 14.3. The van der Waals surface area contributed by atoms with Crippen LogP contribution in [0.4, 0.5) is 8.78 Å². The molecule has 0 aromatic heterocycles. The molecule has 0 unspecified atom stereocenters. The minimum Gasteiger partial charge on any atom is -0.483 e. The number of ether oxygens (including phenoxy) is 1. The van der Waals surface area contributed by atoms with Gasteiger partial charge in [0.05, 0.1) is 6.04 Å². The molecule has 2 aromatic carbocycles. The molecule has 2 aromatic rings. The van der Waals surface area contributed by atoms with Crippen LogP contribution in [-0.4, -0.2) is 37.0 Å². The third-order valence-corrected chi connectivity index (χ3v) is 5.31. The van der Waals surface area contributed by atoms with E-state index in [1.54, 1.807) is 0 Å². The highest BCUT2D eigenvalue weighted by atomic mass is 19.1. The third kappa shape index (κ3) is 4.87. The van der Waals surface area contributed by atoms with Crippen LogP contribution < -0.4 is 10.1 Å². The lowest BCUT2D eigenvalue weighted by atomic mass is 10.0. The smallest absolute Gasteiger partial charge is 0.258 e. The van der Waals surface area contributed by atoms with Gasteiger partial charge in [-0.15, -0.1) is 0 Å². The molecular formula is C22H26F2N2O2. The largest absolute Gasteiger partial charge is 0.483 e. The zero-order chi connectivity index (χ0) is 20.1. The number of halogens is 2. The fraction of sp³-hybridized carbons (Fsp3) is 0.409. The van der Waals surface area contributed by atoms with Crippen LogP contribution in [0.15, 0.2) is 36.4 Å². The summed E-state index contributed by atoms with van der Waals surface area (Å²) in [5.41, 5.74) is 2.50. The number of carbonyl (C=O) groups is 1. The summed E-state index contributed by atoms with van der Waals surface area (Å²) in [6.45, 7) is 5.73. The molecule has 0 spiro atoms. The van der Waals surface area contributed by atoms with Crippen LogP contribution in [0.5, 0.6) is 5.75 Å². The van der Waals surface area contributed by atoms with E-state index in [4.69, 9.17) is 4.74 Å². The Morgan fingerprint density at radius 3 is 2.64 bits per heavy atom. The lowest BCUT2D eigenvalue weighted by Crippen LogP contribution is -2.39. The maximum Gasteiger partial charge on any atom is 0.258 e. The summed E-state index contributed by atoms with van der Waals surface area (Å²) < 4.78 is 33.2. The van der Waals surface area contributed by atoms with Gasteiger partial charge in [-0.1, -0.05) is 18.2 Å². The highest BCUT2D eigenvalue weighted by molar-refractivity contribution is 5.77. The number of benzene rings is 2. The van der Waals surface area contributed by atoms with Crippen LogP contribution in [-0.2, 0) is 4.79 Å². The van der Waals surface area contributed by atoms with Crippen molar-refractivity contribution >= 4 is 5.91 Å². The van der Waals surface area contributed by atoms with Crippen LogP contribution in [0.25, 0.3) is 0 Å². The number of aryl methyl sites for hydroxylation is 1. The molecule has 6 heteroatoms. The molecule has 1 amide bonds. The van der Waals surface area contributed by atoms with Crippen molar-refractivity contribution in [2.24, 2.45) is 0 Å². The minimum atomic E-state index is -0.604. The molecule has 1 N–H and O–H groups in total. The van der Waals surface area contributed by atoms with Crippen LogP contribution >= 0.6 is 0 Å². The van der Waals surface area contributed by atoms with Gasteiger partial charge in [0.1, 0.15) is 17.4 Å². The van der Waals surface area contributed by atoms with Gasteiger partial charge < -0.3 is 10.1 Å². The first-order chi connectivity index (χ1) is 13.5. The van der Waals surface area contributed by atoms with Crippen molar-refractivity contribution in [3.05, 3.63) is 64.7 Å². The van der Waals surface area contributed by atoms with Crippen molar-refractivity contribution in [1.82, 2.24) is 10.2 Å². The zero-order valence-electron chi connectivity index (χ0n) is 16.3. The second-order valence-corrected chi connectivity index (χ2v) is 7.22. The average Bonchev–Trinajstić information content (AvgIpc) is 3.19. The Kier molecular flexibility index (Phi) is 6.62. The lowest BCUT2D eigenvalue weighted by Gasteiger charge is -2.28. The normalized spacial score (nSPS) is 15.4. The van der Waals surface area contributed by atoms with Crippen molar-refractivity contribution in [3.8, 4) is 5.75 Å². The van der Waals surface area contributed by atoms with Gasteiger partial charge in [-0.2, -0.15) is 0 Å². The van der Waals surface area contributed by atoms with E-state index in [1.165, 1.54) is 12.1 Å². The van der Waals surface area contributed by atoms with Crippen LogP contribution in [0.2, 0.25) is 0 Å². The number of hydrogen-bond acceptors (Lipinski definition) is 3. The first-order valence-electron chi connectivity index (χ1n) is 9.60. The summed E-state index contributed by atoms with van der Waals surface area (Å²) >= 11 is 0. The Morgan fingerprint density at radius 2 is 1.93 bits per heavy atom. The molecule has 0 bridgehead atoms. The molecule has 150 valence electrons. The maximum atomic E-state index is 14.3.